The van der Waals surface area contributed by atoms with E-state index < -0.39 is 0 Å². The number of nitrogens with two attached hydrogens (primary N) is 1. The van der Waals surface area contributed by atoms with Crippen molar-refractivity contribution in [3.05, 3.63) is 60.2 Å². The molecule has 2 aromatic heterocycles. The Labute approximate surface area is 249 Å². The van der Waals surface area contributed by atoms with Crippen LogP contribution in [0, 0.1) is 11.8 Å². The Balaban J connectivity index is 1.25. The normalized spacial score (nSPS) is 21.4. The number of phenolic OH excluding ortho intramolecular Hbond substituents is 2. The van der Waals surface area contributed by atoms with Crippen molar-refractivity contribution in [1.29, 1.82) is 0 Å². The van der Waals surface area contributed by atoms with Crippen molar-refractivity contribution in [3.8, 4) is 39.9 Å². The van der Waals surface area contributed by atoms with E-state index in [-0.39, 0.29) is 29.5 Å². The first-order chi connectivity index (χ1) is 20.8. The first kappa shape index (κ1) is 26.2. The zero-order valence-electron chi connectivity index (χ0n) is 24.3. The van der Waals surface area contributed by atoms with Gasteiger partial charge in [0.15, 0.2) is 5.82 Å². The first-order valence-corrected chi connectivity index (χ1v) is 15.1. The molecule has 2 bridgehead atoms. The van der Waals surface area contributed by atoms with Gasteiger partial charge in [0, 0.05) is 60.3 Å². The molecule has 43 heavy (non-hydrogen) atoms. The van der Waals surface area contributed by atoms with Gasteiger partial charge in [0.2, 0.25) is 0 Å². The minimum absolute atomic E-state index is 0.0112. The molecule has 3 heterocycles. The van der Waals surface area contributed by atoms with Crippen molar-refractivity contribution in [2.45, 2.75) is 44.3 Å². The second-order valence-electron chi connectivity index (χ2n) is 12.5. The summed E-state index contributed by atoms with van der Waals surface area (Å²) in [6.45, 7) is 1.58. The molecule has 1 saturated heterocycles. The van der Waals surface area contributed by atoms with Crippen LogP contribution in [0.4, 0.5) is 0 Å². The lowest BCUT2D eigenvalue weighted by Gasteiger charge is -2.27. The van der Waals surface area contributed by atoms with E-state index in [1.807, 2.05) is 30.1 Å². The lowest BCUT2D eigenvalue weighted by atomic mass is 10.0. The fourth-order valence-electron chi connectivity index (χ4n) is 7.39. The predicted octanol–water partition coefficient (Wildman–Crippen LogP) is 5.25. The lowest BCUT2D eigenvalue weighted by Crippen LogP contribution is -2.41. The highest BCUT2D eigenvalue weighted by Crippen LogP contribution is 2.41. The highest BCUT2D eigenvalue weighted by Gasteiger charge is 2.47. The molecule has 0 spiro atoms. The monoisotopic (exact) mass is 577 g/mol. The third kappa shape index (κ3) is 4.09. The summed E-state index contributed by atoms with van der Waals surface area (Å²) in [4.78, 5) is 20.7. The Morgan fingerprint density at radius 1 is 1.05 bits per heavy atom. The van der Waals surface area contributed by atoms with Crippen molar-refractivity contribution in [2.75, 3.05) is 13.7 Å². The van der Waals surface area contributed by atoms with Gasteiger partial charge in [-0.15, -0.1) is 0 Å². The third-order valence-electron chi connectivity index (χ3n) is 9.88. The Kier molecular flexibility index (Phi) is 5.78. The number of amides is 1. The Morgan fingerprint density at radius 2 is 1.88 bits per heavy atom. The summed E-state index contributed by atoms with van der Waals surface area (Å²) < 4.78 is 10.2. The number of carbonyl (C=O) groups excluding carboxylic acids is 1. The molecule has 2 saturated carbocycles. The molecule has 1 amide bonds. The Bertz CT molecular complexity index is 1940. The zero-order chi connectivity index (χ0) is 29.6. The topological polar surface area (TPSA) is 119 Å². The molecule has 5 aromatic rings. The summed E-state index contributed by atoms with van der Waals surface area (Å²) in [6.07, 6.45) is 4.45. The van der Waals surface area contributed by atoms with Crippen LogP contribution in [0.15, 0.2) is 54.6 Å². The number of ether oxygens (including phenoxy) is 1. The Morgan fingerprint density at radius 3 is 2.58 bits per heavy atom. The predicted molar refractivity (Wildman–Crippen MR) is 165 cm³/mol. The average Bonchev–Trinajstić information content (AvgIpc) is 3.41. The highest BCUT2D eigenvalue weighted by atomic mass is 16.5. The molecule has 0 radical (unpaired) electrons. The number of phenols is 2. The van der Waals surface area contributed by atoms with Gasteiger partial charge in [-0.25, -0.2) is 4.98 Å². The molecular formula is C34H35N5O4. The van der Waals surface area contributed by atoms with E-state index in [9.17, 15) is 15.0 Å². The minimum Gasteiger partial charge on any atom is -0.508 e. The van der Waals surface area contributed by atoms with Crippen molar-refractivity contribution in [1.82, 2.24) is 19.0 Å². The van der Waals surface area contributed by atoms with Gasteiger partial charge in [-0.1, -0.05) is 12.1 Å². The van der Waals surface area contributed by atoms with Gasteiger partial charge < -0.3 is 34.7 Å². The van der Waals surface area contributed by atoms with E-state index >= 15 is 0 Å². The molecule has 3 fully saturated rings. The summed E-state index contributed by atoms with van der Waals surface area (Å²) in [5.74, 6) is 2.46. The number of imidazole rings is 1. The Hall–Kier alpha value is -4.50. The molecule has 3 aromatic carbocycles. The van der Waals surface area contributed by atoms with E-state index in [2.05, 4.69) is 27.3 Å². The average molecular weight is 578 g/mol. The number of aromatic hydroxyl groups is 2. The number of rotatable bonds is 6. The van der Waals surface area contributed by atoms with E-state index in [1.54, 1.807) is 19.2 Å². The second-order valence-corrected chi connectivity index (χ2v) is 12.5. The van der Waals surface area contributed by atoms with E-state index in [4.69, 9.17) is 15.5 Å². The SMILES string of the molecule is COc1cc(C(=O)N2CC3CCC2C3N)cc2nc(-c3cc4ccc(-c5ccc(O)cc5O)cc4n3CC3CC3)n(C)c12. The number of hydrogen-bond acceptors (Lipinski definition) is 6. The zero-order valence-corrected chi connectivity index (χ0v) is 24.3. The van der Waals surface area contributed by atoms with Crippen molar-refractivity contribution in [3.63, 3.8) is 0 Å². The van der Waals surface area contributed by atoms with Gasteiger partial charge in [-0.05, 0) is 79.5 Å². The largest absolute Gasteiger partial charge is 0.508 e. The molecule has 9 nitrogen and oxygen atoms in total. The molecule has 4 N–H and O–H groups in total. The van der Waals surface area contributed by atoms with Crippen LogP contribution in [0.25, 0.3) is 44.6 Å². The summed E-state index contributed by atoms with van der Waals surface area (Å²) >= 11 is 0. The molecule has 9 heteroatoms. The first-order valence-electron chi connectivity index (χ1n) is 15.1. The number of hydrogen-bond donors (Lipinski definition) is 3. The second kappa shape index (κ2) is 9.50. The maximum atomic E-state index is 13.7. The number of methoxy groups -OCH3 is 1. The fourth-order valence-corrected chi connectivity index (χ4v) is 7.39. The number of aryl methyl sites for hydroxylation is 1. The van der Waals surface area contributed by atoms with Crippen LogP contribution in [-0.4, -0.2) is 60.9 Å². The fraction of sp³-hybridized carbons (Fsp3) is 0.353. The van der Waals surface area contributed by atoms with Crippen LogP contribution in [0.1, 0.15) is 36.0 Å². The van der Waals surface area contributed by atoms with E-state index in [0.29, 0.717) is 40.8 Å². The van der Waals surface area contributed by atoms with Gasteiger partial charge in [0.1, 0.15) is 22.8 Å². The number of piperidine rings is 1. The van der Waals surface area contributed by atoms with Crippen LogP contribution < -0.4 is 10.5 Å². The van der Waals surface area contributed by atoms with Crippen LogP contribution in [0.3, 0.4) is 0 Å². The van der Waals surface area contributed by atoms with Gasteiger partial charge in [0.25, 0.3) is 5.91 Å². The summed E-state index contributed by atoms with van der Waals surface area (Å²) in [5.41, 5.74) is 12.1. The smallest absolute Gasteiger partial charge is 0.254 e. The van der Waals surface area contributed by atoms with Crippen LogP contribution in [-0.2, 0) is 13.6 Å². The van der Waals surface area contributed by atoms with Crippen LogP contribution >= 0.6 is 0 Å². The molecule has 3 unspecified atom stereocenters. The van der Waals surface area contributed by atoms with E-state index in [0.717, 1.165) is 52.9 Å². The van der Waals surface area contributed by atoms with Crippen LogP contribution in [0.5, 0.6) is 17.2 Å². The van der Waals surface area contributed by atoms with Crippen molar-refractivity contribution < 1.29 is 19.7 Å². The van der Waals surface area contributed by atoms with Gasteiger partial charge in [-0.2, -0.15) is 0 Å². The number of aromatic nitrogens is 3. The van der Waals surface area contributed by atoms with Crippen molar-refractivity contribution >= 4 is 27.8 Å². The molecule has 220 valence electrons. The number of carbonyl (C=O) groups is 1. The van der Waals surface area contributed by atoms with Crippen LogP contribution in [0.2, 0.25) is 0 Å². The van der Waals surface area contributed by atoms with Gasteiger partial charge in [0.05, 0.1) is 18.3 Å². The van der Waals surface area contributed by atoms with Gasteiger partial charge in [-0.3, -0.25) is 4.79 Å². The number of nitrogens with zero attached hydrogens (tertiary/aromatic N) is 4. The molecule has 2 aliphatic carbocycles. The lowest BCUT2D eigenvalue weighted by molar-refractivity contribution is 0.0700. The molecule has 3 atom stereocenters. The number of likely N-dealkylation sites (tertiary alicyclic amines) is 1. The maximum Gasteiger partial charge on any atom is 0.254 e. The maximum absolute atomic E-state index is 13.7. The highest BCUT2D eigenvalue weighted by molar-refractivity contribution is 6.00. The number of benzene rings is 3. The summed E-state index contributed by atoms with van der Waals surface area (Å²) in [5, 5.41) is 21.4. The minimum atomic E-state index is -0.0112. The van der Waals surface area contributed by atoms with Crippen molar-refractivity contribution in [2.24, 2.45) is 24.6 Å². The summed E-state index contributed by atoms with van der Waals surface area (Å²) in [6, 6.07) is 16.9. The number of fused-ring (bicyclic) bond motifs is 4. The van der Waals surface area contributed by atoms with E-state index in [1.165, 1.54) is 18.9 Å². The third-order valence-corrected chi connectivity index (χ3v) is 9.88. The van der Waals surface area contributed by atoms with Gasteiger partial charge >= 0.3 is 0 Å². The quantitative estimate of drug-likeness (QED) is 0.254. The molecular weight excluding hydrogens is 542 g/mol. The standard InChI is InChI=1S/C34H35N5O4/c1-37-32-25(11-22(14-30(32)43-2)34(42)39-17-21-7-10-26(39)31(21)35)36-33(37)28-13-20-6-5-19(24-9-8-23(40)15-29(24)41)12-27(20)38(28)16-18-3-4-18/h5-6,8-9,11-15,18,21,26,31,40-41H,3-4,7,10,16-17,35H2,1-2H3. The molecule has 3 aliphatic rings. The molecule has 8 rings (SSSR count). The molecule has 1 aliphatic heterocycles. The summed E-state index contributed by atoms with van der Waals surface area (Å²) in [7, 11) is 3.62.